The van der Waals surface area contributed by atoms with E-state index in [0.29, 0.717) is 11.1 Å². The Morgan fingerprint density at radius 2 is 1.55 bits per heavy atom. The summed E-state index contributed by atoms with van der Waals surface area (Å²) in [6.07, 6.45) is -1.81. The molecule has 2 atom stereocenters. The smallest absolute Gasteiger partial charge is 0.356 e. The fraction of sp³-hybridized carbons (Fsp3) is 0.207. The van der Waals surface area contributed by atoms with Gasteiger partial charge in [-0.15, -0.1) is 11.6 Å². The predicted molar refractivity (Wildman–Crippen MR) is 139 cm³/mol. The first-order valence-electron chi connectivity index (χ1n) is 12.0. The Hall–Kier alpha value is -3.98. The molecule has 1 N–H and O–H groups in total. The standard InChI is InChI=1S/C29H25ClN2O6/c1-36-29(31-25(33)21-15-9-4-10-16-21)27(35)32-23(22(17-30)18-37-28(29)32)26(34)38-24(19-11-5-2-6-12-19)20-13-7-3-8-14-20/h2-16,24,28H,17-18H2,1H3,(H,31,33)/t28?,29-/m0/s1. The number of benzene rings is 3. The highest BCUT2D eigenvalue weighted by molar-refractivity contribution is 6.20. The second kappa shape index (κ2) is 10.8. The topological polar surface area (TPSA) is 94.2 Å². The van der Waals surface area contributed by atoms with Crippen LogP contribution in [0.5, 0.6) is 0 Å². The lowest BCUT2D eigenvalue weighted by molar-refractivity contribution is -0.256. The van der Waals surface area contributed by atoms with Gasteiger partial charge in [0.25, 0.3) is 17.5 Å². The highest BCUT2D eigenvalue weighted by atomic mass is 35.5. The van der Waals surface area contributed by atoms with Crippen molar-refractivity contribution in [3.8, 4) is 0 Å². The lowest BCUT2D eigenvalue weighted by atomic mass is 9.94. The number of carbonyl (C=O) groups is 3. The molecule has 8 nitrogen and oxygen atoms in total. The third-order valence-corrected chi connectivity index (χ3v) is 6.87. The predicted octanol–water partition coefficient (Wildman–Crippen LogP) is 3.78. The van der Waals surface area contributed by atoms with Crippen LogP contribution in [-0.4, -0.2) is 54.2 Å². The van der Waals surface area contributed by atoms with Crippen molar-refractivity contribution in [1.82, 2.24) is 10.2 Å². The van der Waals surface area contributed by atoms with Crippen LogP contribution in [0, 0.1) is 0 Å². The summed E-state index contributed by atoms with van der Waals surface area (Å²) in [6, 6.07) is 27.0. The second-order valence-corrected chi connectivity index (χ2v) is 9.06. The number of rotatable bonds is 8. The van der Waals surface area contributed by atoms with Crippen molar-refractivity contribution in [3.05, 3.63) is 119 Å². The molecular weight excluding hydrogens is 508 g/mol. The van der Waals surface area contributed by atoms with Gasteiger partial charge in [0, 0.05) is 24.1 Å². The minimum Gasteiger partial charge on any atom is -0.448 e. The van der Waals surface area contributed by atoms with Crippen molar-refractivity contribution >= 4 is 29.4 Å². The van der Waals surface area contributed by atoms with Gasteiger partial charge < -0.3 is 19.5 Å². The van der Waals surface area contributed by atoms with Crippen LogP contribution in [0.25, 0.3) is 0 Å². The van der Waals surface area contributed by atoms with Crippen LogP contribution in [0.2, 0.25) is 0 Å². The maximum Gasteiger partial charge on any atom is 0.356 e. The molecule has 1 fully saturated rings. The number of hydrogen-bond donors (Lipinski definition) is 1. The molecule has 3 aromatic carbocycles. The molecule has 0 saturated carbocycles. The molecule has 38 heavy (non-hydrogen) atoms. The van der Waals surface area contributed by atoms with E-state index < -0.39 is 35.8 Å². The van der Waals surface area contributed by atoms with Gasteiger partial charge in [0.2, 0.25) is 0 Å². The summed E-state index contributed by atoms with van der Waals surface area (Å²) in [5, 5.41) is 2.64. The number of ether oxygens (including phenoxy) is 3. The number of fused-ring (bicyclic) bond motifs is 1. The molecule has 0 radical (unpaired) electrons. The molecular formula is C29H25ClN2O6. The van der Waals surface area contributed by atoms with Gasteiger partial charge in [0.15, 0.2) is 12.3 Å². The van der Waals surface area contributed by atoms with Crippen molar-refractivity contribution in [2.45, 2.75) is 18.1 Å². The number of amides is 2. The van der Waals surface area contributed by atoms with Crippen LogP contribution in [0.1, 0.15) is 27.6 Å². The van der Waals surface area contributed by atoms with Crippen LogP contribution in [0.3, 0.4) is 0 Å². The first kappa shape index (κ1) is 25.7. The Bertz CT molecular complexity index is 1330. The quantitative estimate of drug-likeness (QED) is 0.205. The van der Waals surface area contributed by atoms with E-state index in [2.05, 4.69) is 5.32 Å². The molecule has 194 valence electrons. The van der Waals surface area contributed by atoms with Gasteiger partial charge in [-0.05, 0) is 23.3 Å². The summed E-state index contributed by atoms with van der Waals surface area (Å²) < 4.78 is 17.4. The molecule has 3 aromatic rings. The van der Waals surface area contributed by atoms with Crippen molar-refractivity contribution in [1.29, 1.82) is 0 Å². The second-order valence-electron chi connectivity index (χ2n) is 8.79. The normalized spacial score (nSPS) is 20.6. The average molecular weight is 533 g/mol. The van der Waals surface area contributed by atoms with E-state index in [9.17, 15) is 14.4 Å². The Balaban J connectivity index is 1.44. The van der Waals surface area contributed by atoms with E-state index in [1.165, 1.54) is 7.11 Å². The van der Waals surface area contributed by atoms with Crippen LogP contribution in [0.15, 0.2) is 102 Å². The fourth-order valence-corrected chi connectivity index (χ4v) is 4.82. The van der Waals surface area contributed by atoms with Crippen LogP contribution in [0.4, 0.5) is 0 Å². The lowest BCUT2D eigenvalue weighted by Crippen LogP contribution is -2.82. The minimum absolute atomic E-state index is 0.0141. The van der Waals surface area contributed by atoms with Crippen molar-refractivity contribution in [2.75, 3.05) is 19.6 Å². The van der Waals surface area contributed by atoms with Gasteiger partial charge in [0.05, 0.1) is 6.61 Å². The first-order valence-corrected chi connectivity index (χ1v) is 12.5. The molecule has 0 aliphatic carbocycles. The van der Waals surface area contributed by atoms with E-state index in [0.717, 1.165) is 16.0 Å². The maximum absolute atomic E-state index is 13.7. The molecule has 2 heterocycles. The lowest BCUT2D eigenvalue weighted by Gasteiger charge is -2.55. The molecule has 2 aliphatic heterocycles. The summed E-state index contributed by atoms with van der Waals surface area (Å²) in [5.41, 5.74) is 0.435. The molecule has 0 spiro atoms. The number of carbonyl (C=O) groups excluding carboxylic acids is 3. The Labute approximate surface area is 224 Å². The van der Waals surface area contributed by atoms with E-state index in [4.69, 9.17) is 25.8 Å². The molecule has 0 bridgehead atoms. The number of halogens is 1. The van der Waals surface area contributed by atoms with Gasteiger partial charge >= 0.3 is 5.97 Å². The molecule has 1 unspecified atom stereocenters. The number of esters is 1. The summed E-state index contributed by atoms with van der Waals surface area (Å²) in [5.74, 6) is -1.98. The highest BCUT2D eigenvalue weighted by Gasteiger charge is 2.67. The molecule has 2 aliphatic rings. The Kier molecular flexibility index (Phi) is 7.28. The fourth-order valence-electron chi connectivity index (χ4n) is 4.61. The van der Waals surface area contributed by atoms with Crippen LogP contribution < -0.4 is 5.32 Å². The Morgan fingerprint density at radius 3 is 2.08 bits per heavy atom. The van der Waals surface area contributed by atoms with Gasteiger partial charge in [-0.2, -0.15) is 0 Å². The van der Waals surface area contributed by atoms with Crippen molar-refractivity contribution < 1.29 is 28.6 Å². The number of nitrogens with one attached hydrogen (secondary N) is 1. The summed E-state index contributed by atoms with van der Waals surface area (Å²) in [4.78, 5) is 41.3. The number of alkyl halides is 1. The summed E-state index contributed by atoms with van der Waals surface area (Å²) >= 11 is 6.16. The van der Waals surface area contributed by atoms with Crippen molar-refractivity contribution in [2.24, 2.45) is 0 Å². The number of hydrogen-bond acceptors (Lipinski definition) is 6. The molecule has 1 saturated heterocycles. The summed E-state index contributed by atoms with van der Waals surface area (Å²) in [6.45, 7) is -0.0456. The van der Waals surface area contributed by atoms with Gasteiger partial charge in [-0.25, -0.2) is 4.79 Å². The van der Waals surface area contributed by atoms with Crippen molar-refractivity contribution in [3.63, 3.8) is 0 Å². The minimum atomic E-state index is -1.81. The van der Waals surface area contributed by atoms with Gasteiger partial charge in [-0.3, -0.25) is 14.5 Å². The first-order chi connectivity index (χ1) is 18.5. The highest BCUT2D eigenvalue weighted by Crippen LogP contribution is 2.42. The van der Waals surface area contributed by atoms with Crippen LogP contribution >= 0.6 is 11.6 Å². The molecule has 2 amide bonds. The van der Waals surface area contributed by atoms with E-state index in [-0.39, 0.29) is 18.2 Å². The van der Waals surface area contributed by atoms with E-state index >= 15 is 0 Å². The number of methoxy groups -OCH3 is 1. The molecule has 0 aromatic heterocycles. The monoisotopic (exact) mass is 532 g/mol. The zero-order chi connectivity index (χ0) is 26.7. The maximum atomic E-state index is 13.7. The van der Waals surface area contributed by atoms with Crippen LogP contribution in [-0.2, 0) is 23.8 Å². The SMILES string of the molecule is CO[C@@]1(NC(=O)c2ccccc2)C(=O)N2C(C(=O)OC(c3ccccc3)c3ccccc3)=C(CCl)COC21. The number of β-lactam (4-membered cyclic amide) rings is 1. The third kappa shape index (κ3) is 4.47. The zero-order valence-corrected chi connectivity index (χ0v) is 21.3. The van der Waals surface area contributed by atoms with E-state index in [1.54, 1.807) is 30.3 Å². The Morgan fingerprint density at radius 1 is 1.00 bits per heavy atom. The summed E-state index contributed by atoms with van der Waals surface area (Å²) in [7, 11) is 1.30. The number of nitrogens with zero attached hydrogens (tertiary/aromatic N) is 1. The largest absolute Gasteiger partial charge is 0.448 e. The third-order valence-electron chi connectivity index (χ3n) is 6.55. The van der Waals surface area contributed by atoms with Gasteiger partial charge in [0.1, 0.15) is 5.70 Å². The molecule has 5 rings (SSSR count). The van der Waals surface area contributed by atoms with E-state index in [1.807, 2.05) is 60.7 Å². The zero-order valence-electron chi connectivity index (χ0n) is 20.5. The molecule has 9 heteroatoms. The van der Waals surface area contributed by atoms with Gasteiger partial charge in [-0.1, -0.05) is 78.9 Å². The average Bonchev–Trinajstić information content (AvgIpc) is 2.98.